The Kier molecular flexibility index (Phi) is 4.76. The molecule has 1 aromatic carbocycles. The molecule has 3 rings (SSSR count). The van der Waals surface area contributed by atoms with Crippen molar-refractivity contribution in [1.29, 1.82) is 0 Å². The number of nitrogens with one attached hydrogen (secondary N) is 1. The summed E-state index contributed by atoms with van der Waals surface area (Å²) in [6, 6.07) is 9.39. The van der Waals surface area contributed by atoms with Gasteiger partial charge < -0.3 is 5.32 Å². The Labute approximate surface area is 129 Å². The molecule has 106 valence electrons. The molecule has 0 spiro atoms. The summed E-state index contributed by atoms with van der Waals surface area (Å²) in [6.45, 7) is 3.32. The smallest absolute Gasteiger partial charge is 0.0794 e. The van der Waals surface area contributed by atoms with Gasteiger partial charge in [-0.1, -0.05) is 25.1 Å². The van der Waals surface area contributed by atoms with Gasteiger partial charge in [0.1, 0.15) is 0 Å². The minimum atomic E-state index is 0.520. The van der Waals surface area contributed by atoms with Gasteiger partial charge in [-0.05, 0) is 31.0 Å². The first-order valence-electron chi connectivity index (χ1n) is 7.21. The molecule has 1 aliphatic heterocycles. The van der Waals surface area contributed by atoms with Crippen LogP contribution in [0.1, 0.15) is 29.7 Å². The summed E-state index contributed by atoms with van der Waals surface area (Å²) in [6.07, 6.45) is 4.28. The standard InChI is InChI=1S/C16H20N2S2/c1-2-7-18-15(8-12-9-17-11-20-12)14-10-19-16-6-4-3-5-13(14)16/h3-6,9,11,14-15,18H,2,7-8,10H2,1H3. The summed E-state index contributed by atoms with van der Waals surface area (Å²) in [5, 5.41) is 3.76. The highest BCUT2D eigenvalue weighted by molar-refractivity contribution is 7.99. The van der Waals surface area contributed by atoms with E-state index >= 15 is 0 Å². The van der Waals surface area contributed by atoms with Crippen LogP contribution in [0.2, 0.25) is 0 Å². The third-order valence-electron chi connectivity index (χ3n) is 3.78. The van der Waals surface area contributed by atoms with Crippen molar-refractivity contribution in [2.24, 2.45) is 0 Å². The molecule has 0 saturated carbocycles. The number of thioether (sulfide) groups is 1. The molecule has 0 fully saturated rings. The van der Waals surface area contributed by atoms with Crippen LogP contribution in [0.5, 0.6) is 0 Å². The molecular weight excluding hydrogens is 284 g/mol. The maximum atomic E-state index is 4.21. The van der Waals surface area contributed by atoms with E-state index in [2.05, 4.69) is 41.5 Å². The van der Waals surface area contributed by atoms with Crippen LogP contribution < -0.4 is 5.32 Å². The Morgan fingerprint density at radius 3 is 3.10 bits per heavy atom. The van der Waals surface area contributed by atoms with Gasteiger partial charge in [0.25, 0.3) is 0 Å². The Balaban J connectivity index is 1.79. The molecule has 1 aromatic heterocycles. The van der Waals surface area contributed by atoms with Gasteiger partial charge in [0.05, 0.1) is 5.51 Å². The first-order valence-corrected chi connectivity index (χ1v) is 9.07. The third kappa shape index (κ3) is 3.08. The maximum Gasteiger partial charge on any atom is 0.0794 e. The maximum absolute atomic E-state index is 4.21. The number of hydrogen-bond donors (Lipinski definition) is 1. The van der Waals surface area contributed by atoms with Gasteiger partial charge in [-0.15, -0.1) is 23.1 Å². The number of benzene rings is 1. The van der Waals surface area contributed by atoms with Crippen molar-refractivity contribution in [3.05, 3.63) is 46.4 Å². The van der Waals surface area contributed by atoms with E-state index in [1.807, 2.05) is 23.5 Å². The molecule has 0 amide bonds. The van der Waals surface area contributed by atoms with Crippen LogP contribution in [0, 0.1) is 0 Å². The molecule has 2 unspecified atom stereocenters. The van der Waals surface area contributed by atoms with E-state index in [4.69, 9.17) is 0 Å². The summed E-state index contributed by atoms with van der Waals surface area (Å²) < 4.78 is 0. The Bertz CT molecular complexity index is 539. The van der Waals surface area contributed by atoms with Crippen LogP contribution in [0.25, 0.3) is 0 Å². The second-order valence-electron chi connectivity index (χ2n) is 5.19. The zero-order chi connectivity index (χ0) is 13.8. The summed E-state index contributed by atoms with van der Waals surface area (Å²) >= 11 is 3.77. The molecule has 0 bridgehead atoms. The van der Waals surface area contributed by atoms with Gasteiger partial charge in [0.2, 0.25) is 0 Å². The number of aromatic nitrogens is 1. The second kappa shape index (κ2) is 6.74. The fraction of sp³-hybridized carbons (Fsp3) is 0.438. The molecule has 2 aromatic rings. The number of hydrogen-bond acceptors (Lipinski definition) is 4. The topological polar surface area (TPSA) is 24.9 Å². The lowest BCUT2D eigenvalue weighted by atomic mass is 9.91. The lowest BCUT2D eigenvalue weighted by Crippen LogP contribution is -2.37. The lowest BCUT2D eigenvalue weighted by Gasteiger charge is -2.24. The van der Waals surface area contributed by atoms with E-state index in [9.17, 15) is 0 Å². The van der Waals surface area contributed by atoms with Crippen LogP contribution in [-0.4, -0.2) is 23.3 Å². The summed E-state index contributed by atoms with van der Waals surface area (Å²) in [5.41, 5.74) is 3.46. The van der Waals surface area contributed by atoms with Crippen molar-refractivity contribution in [3.63, 3.8) is 0 Å². The average Bonchev–Trinajstić information content (AvgIpc) is 3.12. The Morgan fingerprint density at radius 1 is 1.40 bits per heavy atom. The monoisotopic (exact) mass is 304 g/mol. The van der Waals surface area contributed by atoms with Crippen molar-refractivity contribution in [2.45, 2.75) is 36.6 Å². The summed E-state index contributed by atoms with van der Waals surface area (Å²) in [5.74, 6) is 1.81. The number of nitrogens with zero attached hydrogens (tertiary/aromatic N) is 1. The first-order chi connectivity index (χ1) is 9.88. The quantitative estimate of drug-likeness (QED) is 0.875. The van der Waals surface area contributed by atoms with Gasteiger partial charge in [0, 0.05) is 33.7 Å². The SMILES string of the molecule is CCCNC(Cc1cncs1)C1CSc2ccccc21. The van der Waals surface area contributed by atoms with Crippen molar-refractivity contribution < 1.29 is 0 Å². The van der Waals surface area contributed by atoms with Crippen molar-refractivity contribution in [1.82, 2.24) is 10.3 Å². The second-order valence-corrected chi connectivity index (χ2v) is 7.22. The number of fused-ring (bicyclic) bond motifs is 1. The predicted octanol–water partition coefficient (Wildman–Crippen LogP) is 3.94. The van der Waals surface area contributed by atoms with Crippen LogP contribution in [0.15, 0.2) is 40.9 Å². The molecule has 0 radical (unpaired) electrons. The van der Waals surface area contributed by atoms with E-state index in [0.29, 0.717) is 12.0 Å². The van der Waals surface area contributed by atoms with Crippen molar-refractivity contribution in [3.8, 4) is 0 Å². The van der Waals surface area contributed by atoms with Gasteiger partial charge in [-0.2, -0.15) is 0 Å². The van der Waals surface area contributed by atoms with E-state index < -0.39 is 0 Å². The van der Waals surface area contributed by atoms with Crippen molar-refractivity contribution in [2.75, 3.05) is 12.3 Å². The molecular formula is C16H20N2S2. The highest BCUT2D eigenvalue weighted by Gasteiger charge is 2.30. The first kappa shape index (κ1) is 14.1. The van der Waals surface area contributed by atoms with Crippen LogP contribution >= 0.6 is 23.1 Å². The minimum Gasteiger partial charge on any atom is -0.313 e. The lowest BCUT2D eigenvalue weighted by molar-refractivity contribution is 0.454. The van der Waals surface area contributed by atoms with E-state index in [1.54, 1.807) is 11.3 Å². The van der Waals surface area contributed by atoms with E-state index in [-0.39, 0.29) is 0 Å². The third-order valence-corrected chi connectivity index (χ3v) is 5.79. The average molecular weight is 304 g/mol. The van der Waals surface area contributed by atoms with Gasteiger partial charge in [-0.3, -0.25) is 4.98 Å². The van der Waals surface area contributed by atoms with E-state index in [0.717, 1.165) is 13.0 Å². The van der Waals surface area contributed by atoms with E-state index in [1.165, 1.54) is 27.5 Å². The zero-order valence-electron chi connectivity index (χ0n) is 11.7. The summed E-state index contributed by atoms with van der Waals surface area (Å²) in [7, 11) is 0. The minimum absolute atomic E-state index is 0.520. The molecule has 20 heavy (non-hydrogen) atoms. The molecule has 2 heterocycles. The number of rotatable bonds is 6. The van der Waals surface area contributed by atoms with Crippen molar-refractivity contribution >= 4 is 23.1 Å². The highest BCUT2D eigenvalue weighted by Crippen LogP contribution is 2.41. The Hall–Kier alpha value is -0.840. The zero-order valence-corrected chi connectivity index (χ0v) is 13.3. The van der Waals surface area contributed by atoms with Crippen LogP contribution in [-0.2, 0) is 6.42 Å². The van der Waals surface area contributed by atoms with Crippen LogP contribution in [0.4, 0.5) is 0 Å². The Morgan fingerprint density at radius 2 is 2.30 bits per heavy atom. The number of thiazole rings is 1. The molecule has 1 N–H and O–H groups in total. The molecule has 1 aliphatic rings. The predicted molar refractivity (Wildman–Crippen MR) is 87.8 cm³/mol. The largest absolute Gasteiger partial charge is 0.313 e. The normalized spacial score (nSPS) is 18.9. The molecule has 2 atom stereocenters. The molecule has 4 heteroatoms. The fourth-order valence-corrected chi connectivity index (χ4v) is 4.75. The fourth-order valence-electron chi connectivity index (χ4n) is 2.77. The molecule has 0 aliphatic carbocycles. The van der Waals surface area contributed by atoms with Gasteiger partial charge >= 0.3 is 0 Å². The van der Waals surface area contributed by atoms with Gasteiger partial charge in [0.15, 0.2) is 0 Å². The molecule has 2 nitrogen and oxygen atoms in total. The molecule has 0 saturated heterocycles. The highest BCUT2D eigenvalue weighted by atomic mass is 32.2. The summed E-state index contributed by atoms with van der Waals surface area (Å²) in [4.78, 5) is 7.06. The van der Waals surface area contributed by atoms with Gasteiger partial charge in [-0.25, -0.2) is 0 Å². The van der Waals surface area contributed by atoms with Crippen LogP contribution in [0.3, 0.4) is 0 Å².